The van der Waals surface area contributed by atoms with Gasteiger partial charge in [0, 0.05) is 17.9 Å². The third-order valence-electron chi connectivity index (χ3n) is 6.46. The van der Waals surface area contributed by atoms with Crippen molar-refractivity contribution in [1.82, 2.24) is 20.2 Å². The van der Waals surface area contributed by atoms with Crippen LogP contribution in [0.1, 0.15) is 79.3 Å². The lowest BCUT2D eigenvalue weighted by atomic mass is 9.95. The van der Waals surface area contributed by atoms with Gasteiger partial charge in [-0.15, -0.1) is 0 Å². The van der Waals surface area contributed by atoms with E-state index in [1.54, 1.807) is 6.20 Å². The molecule has 2 aromatic rings. The summed E-state index contributed by atoms with van der Waals surface area (Å²) in [6.07, 6.45) is 10.4. The monoisotopic (exact) mass is 435 g/mol. The van der Waals surface area contributed by atoms with Gasteiger partial charge in [0.05, 0.1) is 23.8 Å². The lowest BCUT2D eigenvalue weighted by molar-refractivity contribution is -0.124. The predicted octanol–water partition coefficient (Wildman–Crippen LogP) is 4.01. The van der Waals surface area contributed by atoms with Crippen LogP contribution in [0.15, 0.2) is 36.5 Å². The summed E-state index contributed by atoms with van der Waals surface area (Å²) in [5, 5.41) is 6.18. The van der Waals surface area contributed by atoms with Crippen LogP contribution in [0.3, 0.4) is 0 Å². The maximum absolute atomic E-state index is 13.1. The third kappa shape index (κ3) is 5.71. The summed E-state index contributed by atoms with van der Waals surface area (Å²) in [5.74, 6) is 0.488. The van der Waals surface area contributed by atoms with Gasteiger partial charge in [-0.2, -0.15) is 0 Å². The molecule has 2 amide bonds. The number of likely N-dealkylation sites (tertiary alicyclic amines) is 1. The lowest BCUT2D eigenvalue weighted by Crippen LogP contribution is -2.45. The summed E-state index contributed by atoms with van der Waals surface area (Å²) >= 11 is 0. The van der Waals surface area contributed by atoms with Crippen molar-refractivity contribution in [2.75, 3.05) is 18.4 Å². The van der Waals surface area contributed by atoms with Crippen LogP contribution in [-0.2, 0) is 4.79 Å². The van der Waals surface area contributed by atoms with Crippen molar-refractivity contribution in [2.45, 2.75) is 70.4 Å². The Labute approximate surface area is 190 Å². The van der Waals surface area contributed by atoms with Crippen molar-refractivity contribution >= 4 is 17.5 Å². The summed E-state index contributed by atoms with van der Waals surface area (Å²) in [6.45, 7) is 3.00. The number of nitrogens with zero attached hydrogens (tertiary/aromatic N) is 3. The van der Waals surface area contributed by atoms with Crippen molar-refractivity contribution in [2.24, 2.45) is 0 Å². The highest BCUT2D eigenvalue weighted by Crippen LogP contribution is 2.32. The molecule has 1 atom stereocenters. The quantitative estimate of drug-likeness (QED) is 0.716. The first-order chi connectivity index (χ1) is 15.6. The van der Waals surface area contributed by atoms with E-state index in [2.05, 4.69) is 25.5 Å². The van der Waals surface area contributed by atoms with Crippen LogP contribution in [0.25, 0.3) is 0 Å². The summed E-state index contributed by atoms with van der Waals surface area (Å²) in [5.41, 5.74) is 1.93. The standard InChI is InChI=1S/C25H33N5O2/c1-18-26-16-21(25(32)29-20-12-6-3-7-13-20)24(27-18)22-14-8-9-15-30(22)17-23(31)28-19-10-4-2-5-11-19/h3,6-7,12-13,16,19,22H,2,4-5,8-11,14-15,17H2,1H3,(H,28,31)(H,29,32). The van der Waals surface area contributed by atoms with E-state index in [-0.39, 0.29) is 17.9 Å². The van der Waals surface area contributed by atoms with Crippen molar-refractivity contribution in [3.63, 3.8) is 0 Å². The molecule has 2 heterocycles. The van der Waals surface area contributed by atoms with Crippen LogP contribution < -0.4 is 10.6 Å². The van der Waals surface area contributed by atoms with E-state index >= 15 is 0 Å². The zero-order valence-corrected chi connectivity index (χ0v) is 18.8. The Balaban J connectivity index is 1.51. The second kappa shape index (κ2) is 10.7. The van der Waals surface area contributed by atoms with E-state index in [1.165, 1.54) is 19.3 Å². The van der Waals surface area contributed by atoms with Gasteiger partial charge in [0.1, 0.15) is 5.82 Å². The maximum Gasteiger partial charge on any atom is 0.259 e. The number of aryl methyl sites for hydroxylation is 1. The Morgan fingerprint density at radius 2 is 1.78 bits per heavy atom. The zero-order valence-electron chi connectivity index (χ0n) is 18.8. The van der Waals surface area contributed by atoms with Gasteiger partial charge in [0.15, 0.2) is 0 Å². The average molecular weight is 436 g/mol. The molecule has 2 fully saturated rings. The molecule has 0 radical (unpaired) electrons. The number of amides is 2. The molecular weight excluding hydrogens is 402 g/mol. The smallest absolute Gasteiger partial charge is 0.259 e. The highest BCUT2D eigenvalue weighted by Gasteiger charge is 2.31. The van der Waals surface area contributed by atoms with Gasteiger partial charge < -0.3 is 10.6 Å². The van der Waals surface area contributed by atoms with Crippen molar-refractivity contribution in [3.05, 3.63) is 53.6 Å². The van der Waals surface area contributed by atoms with Gasteiger partial charge in [0.25, 0.3) is 5.91 Å². The minimum atomic E-state index is -0.219. The van der Waals surface area contributed by atoms with E-state index in [0.717, 1.165) is 50.0 Å². The molecule has 7 heteroatoms. The molecule has 4 rings (SSSR count). The normalized spacial score (nSPS) is 20.0. The Morgan fingerprint density at radius 1 is 1.03 bits per heavy atom. The Hall–Kier alpha value is -2.80. The van der Waals surface area contributed by atoms with Crippen LogP contribution in [0, 0.1) is 6.92 Å². The van der Waals surface area contributed by atoms with E-state index in [4.69, 9.17) is 0 Å². The largest absolute Gasteiger partial charge is 0.352 e. The van der Waals surface area contributed by atoms with E-state index < -0.39 is 0 Å². The SMILES string of the molecule is Cc1ncc(C(=O)Nc2ccccc2)c(C2CCCCN2CC(=O)NC2CCCCC2)n1. The number of carbonyl (C=O) groups excluding carboxylic acids is 2. The second-order valence-corrected chi connectivity index (χ2v) is 8.92. The molecule has 1 saturated carbocycles. The van der Waals surface area contributed by atoms with E-state index in [9.17, 15) is 9.59 Å². The number of benzene rings is 1. The summed E-state index contributed by atoms with van der Waals surface area (Å²) < 4.78 is 0. The van der Waals surface area contributed by atoms with Gasteiger partial charge >= 0.3 is 0 Å². The molecule has 0 bridgehead atoms. The van der Waals surface area contributed by atoms with Crippen molar-refractivity contribution < 1.29 is 9.59 Å². The molecule has 1 unspecified atom stereocenters. The number of anilines is 1. The third-order valence-corrected chi connectivity index (χ3v) is 6.46. The van der Waals surface area contributed by atoms with Crippen LogP contribution in [0.2, 0.25) is 0 Å². The molecular formula is C25H33N5O2. The maximum atomic E-state index is 13.1. The molecule has 0 spiro atoms. The predicted molar refractivity (Wildman–Crippen MR) is 124 cm³/mol. The van der Waals surface area contributed by atoms with Crippen LogP contribution in [0.4, 0.5) is 5.69 Å². The molecule has 1 aliphatic carbocycles. The number of nitrogens with one attached hydrogen (secondary N) is 2. The number of hydrogen-bond donors (Lipinski definition) is 2. The minimum absolute atomic E-state index is 0.0703. The molecule has 1 aromatic carbocycles. The van der Waals surface area contributed by atoms with Crippen molar-refractivity contribution in [1.29, 1.82) is 0 Å². The number of aromatic nitrogens is 2. The summed E-state index contributed by atoms with van der Waals surface area (Å²) in [7, 11) is 0. The number of rotatable bonds is 6. The van der Waals surface area contributed by atoms with Crippen LogP contribution in [0.5, 0.6) is 0 Å². The topological polar surface area (TPSA) is 87.2 Å². The first-order valence-electron chi connectivity index (χ1n) is 11.8. The molecule has 1 saturated heterocycles. The van der Waals surface area contributed by atoms with E-state index in [1.807, 2.05) is 37.3 Å². The minimum Gasteiger partial charge on any atom is -0.352 e. The van der Waals surface area contributed by atoms with Gasteiger partial charge in [-0.25, -0.2) is 9.97 Å². The number of para-hydroxylation sites is 1. The lowest BCUT2D eigenvalue weighted by Gasteiger charge is -2.36. The molecule has 1 aliphatic heterocycles. The molecule has 7 nitrogen and oxygen atoms in total. The fourth-order valence-corrected chi connectivity index (χ4v) is 4.83. The molecule has 32 heavy (non-hydrogen) atoms. The molecule has 2 aliphatic rings. The van der Waals surface area contributed by atoms with Gasteiger partial charge in [-0.3, -0.25) is 14.5 Å². The second-order valence-electron chi connectivity index (χ2n) is 8.92. The highest BCUT2D eigenvalue weighted by molar-refractivity contribution is 6.04. The first kappa shape index (κ1) is 22.4. The van der Waals surface area contributed by atoms with Crippen molar-refractivity contribution in [3.8, 4) is 0 Å². The Bertz CT molecular complexity index is 927. The Morgan fingerprint density at radius 3 is 2.56 bits per heavy atom. The van der Waals surface area contributed by atoms with Crippen LogP contribution in [-0.4, -0.2) is 45.8 Å². The van der Waals surface area contributed by atoms with Gasteiger partial charge in [0.2, 0.25) is 5.91 Å². The Kier molecular flexibility index (Phi) is 7.47. The number of hydrogen-bond acceptors (Lipinski definition) is 5. The zero-order chi connectivity index (χ0) is 22.3. The average Bonchev–Trinajstić information content (AvgIpc) is 2.80. The fraction of sp³-hybridized carbons (Fsp3) is 0.520. The number of carbonyl (C=O) groups is 2. The number of piperidine rings is 1. The molecule has 1 aromatic heterocycles. The molecule has 170 valence electrons. The summed E-state index contributed by atoms with van der Waals surface area (Å²) in [6, 6.07) is 9.62. The molecule has 2 N–H and O–H groups in total. The van der Waals surface area contributed by atoms with Gasteiger partial charge in [-0.1, -0.05) is 43.9 Å². The highest BCUT2D eigenvalue weighted by atomic mass is 16.2. The summed E-state index contributed by atoms with van der Waals surface area (Å²) in [4.78, 5) is 37.1. The van der Waals surface area contributed by atoms with Gasteiger partial charge in [-0.05, 0) is 51.3 Å². The van der Waals surface area contributed by atoms with Crippen LogP contribution >= 0.6 is 0 Å². The fourth-order valence-electron chi connectivity index (χ4n) is 4.83. The van der Waals surface area contributed by atoms with E-state index in [0.29, 0.717) is 24.0 Å². The first-order valence-corrected chi connectivity index (χ1v) is 11.8.